The highest BCUT2D eigenvalue weighted by atomic mass is 16.5. The van der Waals surface area contributed by atoms with E-state index in [1.165, 1.54) is 12.1 Å². The maximum absolute atomic E-state index is 13.4. The predicted octanol–water partition coefficient (Wildman–Crippen LogP) is 2.90. The Morgan fingerprint density at radius 1 is 1.15 bits per heavy atom. The monoisotopic (exact) mass is 446 g/mol. The van der Waals surface area contributed by atoms with Crippen LogP contribution in [0.1, 0.15) is 45.3 Å². The van der Waals surface area contributed by atoms with Gasteiger partial charge in [-0.15, -0.1) is 0 Å². The lowest BCUT2D eigenvalue weighted by molar-refractivity contribution is -0.124. The van der Waals surface area contributed by atoms with Crippen molar-refractivity contribution in [1.82, 2.24) is 9.88 Å². The van der Waals surface area contributed by atoms with Gasteiger partial charge >= 0.3 is 5.97 Å². The standard InChI is InChI=1S/C25H26N4O4/c1-3-21(24(31)27-16-10-8-15(9-11-16)23(26)30)33-25(32)22-17-6-4-5-7-19(17)28-20-12-13-29(2)14-18(20)22/h4-11,21H,3,12-14H2,1-2H3,(H2,26,30)(H,27,31). The molecule has 1 unspecified atom stereocenters. The van der Waals surface area contributed by atoms with E-state index >= 15 is 0 Å². The molecular formula is C25H26N4O4. The van der Waals surface area contributed by atoms with Crippen molar-refractivity contribution in [3.8, 4) is 0 Å². The first-order valence-corrected chi connectivity index (χ1v) is 10.9. The van der Waals surface area contributed by atoms with Gasteiger partial charge in [0.2, 0.25) is 5.91 Å². The molecule has 0 saturated heterocycles. The number of hydrogen-bond donors (Lipinski definition) is 2. The molecule has 2 aromatic carbocycles. The Kier molecular flexibility index (Phi) is 6.37. The molecule has 0 saturated carbocycles. The minimum atomic E-state index is -0.975. The van der Waals surface area contributed by atoms with Crippen LogP contribution >= 0.6 is 0 Å². The Labute approximate surface area is 191 Å². The van der Waals surface area contributed by atoms with Crippen LogP contribution in [-0.2, 0) is 22.5 Å². The van der Waals surface area contributed by atoms with E-state index in [4.69, 9.17) is 15.5 Å². The summed E-state index contributed by atoms with van der Waals surface area (Å²) in [5.41, 5.74) is 9.02. The molecule has 3 N–H and O–H groups in total. The number of primary amides is 1. The summed E-state index contributed by atoms with van der Waals surface area (Å²) in [6, 6.07) is 13.7. The van der Waals surface area contributed by atoms with E-state index in [0.29, 0.717) is 35.2 Å². The number of carbonyl (C=O) groups is 3. The lowest BCUT2D eigenvalue weighted by atomic mass is 9.96. The predicted molar refractivity (Wildman–Crippen MR) is 125 cm³/mol. The average molecular weight is 447 g/mol. The highest BCUT2D eigenvalue weighted by molar-refractivity contribution is 6.06. The second kappa shape index (κ2) is 9.38. The molecule has 0 bridgehead atoms. The molecule has 1 atom stereocenters. The van der Waals surface area contributed by atoms with E-state index in [2.05, 4.69) is 10.2 Å². The van der Waals surface area contributed by atoms with Gasteiger partial charge in [-0.2, -0.15) is 0 Å². The summed E-state index contributed by atoms with van der Waals surface area (Å²) in [6.07, 6.45) is 0.0788. The lowest BCUT2D eigenvalue weighted by Gasteiger charge is -2.27. The van der Waals surface area contributed by atoms with Gasteiger partial charge in [-0.05, 0) is 43.8 Å². The fourth-order valence-electron chi connectivity index (χ4n) is 4.01. The van der Waals surface area contributed by atoms with Crippen molar-refractivity contribution in [1.29, 1.82) is 0 Å². The van der Waals surface area contributed by atoms with Gasteiger partial charge in [0.25, 0.3) is 5.91 Å². The molecule has 0 aliphatic carbocycles. The van der Waals surface area contributed by atoms with Gasteiger partial charge in [0, 0.05) is 47.4 Å². The molecule has 33 heavy (non-hydrogen) atoms. The number of anilines is 1. The molecule has 4 rings (SSSR count). The quantitative estimate of drug-likeness (QED) is 0.563. The first-order valence-electron chi connectivity index (χ1n) is 10.9. The summed E-state index contributed by atoms with van der Waals surface area (Å²) in [5.74, 6) is -1.53. The topological polar surface area (TPSA) is 115 Å². The largest absolute Gasteiger partial charge is 0.449 e. The number of para-hydroxylation sites is 1. The number of esters is 1. The van der Waals surface area contributed by atoms with Crippen LogP contribution in [0.3, 0.4) is 0 Å². The molecule has 1 aliphatic rings. The SMILES string of the molecule is CCC(OC(=O)c1c2c(nc3ccccc13)CCN(C)C2)C(=O)Nc1ccc(C(N)=O)cc1. The Balaban J connectivity index is 1.59. The van der Waals surface area contributed by atoms with Crippen LogP contribution in [0.2, 0.25) is 0 Å². The number of benzene rings is 2. The number of ether oxygens (including phenoxy) is 1. The van der Waals surface area contributed by atoms with Gasteiger partial charge in [-0.1, -0.05) is 25.1 Å². The van der Waals surface area contributed by atoms with Crippen molar-refractivity contribution >= 4 is 34.4 Å². The third-order valence-electron chi connectivity index (χ3n) is 5.79. The van der Waals surface area contributed by atoms with Gasteiger partial charge < -0.3 is 20.7 Å². The Hall–Kier alpha value is -3.78. The molecule has 2 amide bonds. The van der Waals surface area contributed by atoms with Crippen LogP contribution in [0.15, 0.2) is 48.5 Å². The number of nitrogens with zero attached hydrogens (tertiary/aromatic N) is 2. The Morgan fingerprint density at radius 3 is 2.58 bits per heavy atom. The number of rotatable bonds is 6. The number of nitrogens with two attached hydrogens (primary N) is 1. The van der Waals surface area contributed by atoms with Crippen molar-refractivity contribution in [3.63, 3.8) is 0 Å². The summed E-state index contributed by atoms with van der Waals surface area (Å²) in [7, 11) is 2.00. The van der Waals surface area contributed by atoms with E-state index in [0.717, 1.165) is 29.7 Å². The molecule has 1 aliphatic heterocycles. The highest BCUT2D eigenvalue weighted by Crippen LogP contribution is 2.29. The van der Waals surface area contributed by atoms with Gasteiger partial charge in [0.1, 0.15) is 0 Å². The number of amides is 2. The normalized spacial score (nSPS) is 14.4. The van der Waals surface area contributed by atoms with Crippen LogP contribution in [0.5, 0.6) is 0 Å². The highest BCUT2D eigenvalue weighted by Gasteiger charge is 2.28. The van der Waals surface area contributed by atoms with Crippen LogP contribution in [-0.4, -0.2) is 47.4 Å². The average Bonchev–Trinajstić information content (AvgIpc) is 2.81. The molecule has 0 spiro atoms. The van der Waals surface area contributed by atoms with E-state index in [-0.39, 0.29) is 0 Å². The van der Waals surface area contributed by atoms with Crippen LogP contribution < -0.4 is 11.1 Å². The zero-order chi connectivity index (χ0) is 23.5. The molecule has 8 heteroatoms. The van der Waals surface area contributed by atoms with E-state index in [9.17, 15) is 14.4 Å². The fraction of sp³-hybridized carbons (Fsp3) is 0.280. The van der Waals surface area contributed by atoms with Gasteiger partial charge in [0.15, 0.2) is 6.10 Å². The number of fused-ring (bicyclic) bond motifs is 2. The molecule has 2 heterocycles. The summed E-state index contributed by atoms with van der Waals surface area (Å²) >= 11 is 0. The van der Waals surface area contributed by atoms with E-state index < -0.39 is 23.9 Å². The number of nitrogens with one attached hydrogen (secondary N) is 1. The van der Waals surface area contributed by atoms with Crippen molar-refractivity contribution in [2.75, 3.05) is 18.9 Å². The zero-order valence-electron chi connectivity index (χ0n) is 18.6. The first-order chi connectivity index (χ1) is 15.9. The minimum Gasteiger partial charge on any atom is -0.449 e. The second-order valence-corrected chi connectivity index (χ2v) is 8.15. The maximum atomic E-state index is 13.4. The summed E-state index contributed by atoms with van der Waals surface area (Å²) in [5, 5.41) is 3.45. The van der Waals surface area contributed by atoms with Crippen molar-refractivity contribution in [2.45, 2.75) is 32.4 Å². The third kappa shape index (κ3) is 4.70. The summed E-state index contributed by atoms with van der Waals surface area (Å²) in [6.45, 7) is 3.23. The smallest absolute Gasteiger partial charge is 0.340 e. The van der Waals surface area contributed by atoms with E-state index in [1.54, 1.807) is 19.1 Å². The van der Waals surface area contributed by atoms with Crippen LogP contribution in [0.25, 0.3) is 10.9 Å². The minimum absolute atomic E-state index is 0.308. The van der Waals surface area contributed by atoms with Crippen LogP contribution in [0.4, 0.5) is 5.69 Å². The van der Waals surface area contributed by atoms with Crippen LogP contribution in [0, 0.1) is 0 Å². The summed E-state index contributed by atoms with van der Waals surface area (Å²) in [4.78, 5) is 44.3. The van der Waals surface area contributed by atoms with Gasteiger partial charge in [-0.25, -0.2) is 4.79 Å². The number of likely N-dealkylation sites (N-methyl/N-ethyl adjacent to an activating group) is 1. The molecule has 0 radical (unpaired) electrons. The fourth-order valence-corrected chi connectivity index (χ4v) is 4.01. The second-order valence-electron chi connectivity index (χ2n) is 8.15. The van der Waals surface area contributed by atoms with E-state index in [1.807, 2.05) is 31.3 Å². The lowest BCUT2D eigenvalue weighted by Crippen LogP contribution is -2.34. The Bertz CT molecular complexity index is 1220. The molecular weight excluding hydrogens is 420 g/mol. The molecule has 8 nitrogen and oxygen atoms in total. The molecule has 0 fully saturated rings. The molecule has 170 valence electrons. The number of pyridine rings is 1. The number of carbonyl (C=O) groups excluding carboxylic acids is 3. The third-order valence-corrected chi connectivity index (χ3v) is 5.79. The van der Waals surface area contributed by atoms with Crippen molar-refractivity contribution < 1.29 is 19.1 Å². The maximum Gasteiger partial charge on any atom is 0.340 e. The zero-order valence-corrected chi connectivity index (χ0v) is 18.6. The number of aromatic nitrogens is 1. The number of hydrogen-bond acceptors (Lipinski definition) is 6. The molecule has 3 aromatic rings. The first kappa shape index (κ1) is 22.4. The van der Waals surface area contributed by atoms with Gasteiger partial charge in [0.05, 0.1) is 11.1 Å². The Morgan fingerprint density at radius 2 is 1.88 bits per heavy atom. The summed E-state index contributed by atoms with van der Waals surface area (Å²) < 4.78 is 5.72. The molecule has 1 aromatic heterocycles. The van der Waals surface area contributed by atoms with Crippen molar-refractivity contribution in [2.24, 2.45) is 5.73 Å². The van der Waals surface area contributed by atoms with Crippen molar-refractivity contribution in [3.05, 3.63) is 70.9 Å². The van der Waals surface area contributed by atoms with Gasteiger partial charge in [-0.3, -0.25) is 14.6 Å².